The molecule has 0 spiro atoms. The van der Waals surface area contributed by atoms with Crippen LogP contribution in [0.5, 0.6) is 5.75 Å². The van der Waals surface area contributed by atoms with E-state index in [2.05, 4.69) is 33.0 Å². The molecule has 1 N–H and O–H groups in total. The number of nitrogens with one attached hydrogen (secondary N) is 1. The highest BCUT2D eigenvalue weighted by atomic mass is 16.7. The minimum absolute atomic E-state index is 0.0786. The molecule has 1 saturated heterocycles. The van der Waals surface area contributed by atoms with Crippen molar-refractivity contribution in [2.45, 2.75) is 78.5 Å². The van der Waals surface area contributed by atoms with Gasteiger partial charge < -0.3 is 19.2 Å². The molecular formula is C17H27NO4. The number of carbonyl (C=O) groups is 1. The minimum Gasteiger partial charge on any atom is -0.462 e. The van der Waals surface area contributed by atoms with E-state index >= 15 is 0 Å². The number of hydrogen-bond acceptors (Lipinski definition) is 5. The highest BCUT2D eigenvalue weighted by Gasteiger charge is 2.39. The summed E-state index contributed by atoms with van der Waals surface area (Å²) in [5.41, 5.74) is 0.676. The van der Waals surface area contributed by atoms with Crippen LogP contribution in [0.2, 0.25) is 0 Å². The number of rotatable bonds is 2. The van der Waals surface area contributed by atoms with Crippen molar-refractivity contribution in [3.05, 3.63) is 17.1 Å². The molecule has 5 nitrogen and oxygen atoms in total. The largest absolute Gasteiger partial charge is 0.514 e. The molecule has 2 rings (SSSR count). The average Bonchev–Trinajstić information content (AvgIpc) is 2.51. The van der Waals surface area contributed by atoms with Gasteiger partial charge in [0.05, 0.1) is 0 Å². The molecule has 0 unspecified atom stereocenters. The Morgan fingerprint density at radius 3 is 2.09 bits per heavy atom. The van der Waals surface area contributed by atoms with Gasteiger partial charge in [-0.25, -0.2) is 4.79 Å². The predicted molar refractivity (Wildman–Crippen MR) is 84.3 cm³/mol. The van der Waals surface area contributed by atoms with Crippen LogP contribution in [-0.2, 0) is 4.74 Å². The van der Waals surface area contributed by atoms with Crippen molar-refractivity contribution >= 4 is 6.16 Å². The maximum atomic E-state index is 12.1. The van der Waals surface area contributed by atoms with Gasteiger partial charge in [0.1, 0.15) is 17.6 Å². The van der Waals surface area contributed by atoms with E-state index in [0.717, 1.165) is 24.2 Å². The quantitative estimate of drug-likeness (QED) is 0.836. The monoisotopic (exact) mass is 309 g/mol. The zero-order chi connectivity index (χ0) is 16.7. The lowest BCUT2D eigenvalue weighted by molar-refractivity contribution is -0.000623. The van der Waals surface area contributed by atoms with Crippen LogP contribution in [-0.4, -0.2) is 23.3 Å². The summed E-state index contributed by atoms with van der Waals surface area (Å²) < 4.78 is 16.4. The molecule has 124 valence electrons. The van der Waals surface area contributed by atoms with Crippen molar-refractivity contribution < 1.29 is 18.7 Å². The van der Waals surface area contributed by atoms with E-state index in [0.29, 0.717) is 11.5 Å². The van der Waals surface area contributed by atoms with Crippen molar-refractivity contribution in [1.82, 2.24) is 5.32 Å². The van der Waals surface area contributed by atoms with Gasteiger partial charge in [-0.15, -0.1) is 0 Å². The zero-order valence-corrected chi connectivity index (χ0v) is 14.6. The maximum Gasteiger partial charge on any atom is 0.514 e. The first-order chi connectivity index (χ1) is 9.99. The highest BCUT2D eigenvalue weighted by Crippen LogP contribution is 2.32. The fourth-order valence-corrected chi connectivity index (χ4v) is 3.48. The van der Waals surface area contributed by atoms with Gasteiger partial charge in [-0.3, -0.25) is 0 Å². The van der Waals surface area contributed by atoms with Gasteiger partial charge in [-0.1, -0.05) is 0 Å². The summed E-state index contributed by atoms with van der Waals surface area (Å²) in [5, 5.41) is 3.56. The number of aryl methyl sites for hydroxylation is 2. The van der Waals surface area contributed by atoms with Crippen LogP contribution >= 0.6 is 0 Å². The van der Waals surface area contributed by atoms with Gasteiger partial charge in [-0.05, 0) is 48.5 Å². The summed E-state index contributed by atoms with van der Waals surface area (Å²) in [6.07, 6.45) is 0.694. The molecular weight excluding hydrogens is 282 g/mol. The van der Waals surface area contributed by atoms with Crippen molar-refractivity contribution in [3.8, 4) is 5.75 Å². The van der Waals surface area contributed by atoms with Gasteiger partial charge in [0.2, 0.25) is 0 Å². The summed E-state index contributed by atoms with van der Waals surface area (Å²) in [6, 6.07) is 0. The summed E-state index contributed by atoms with van der Waals surface area (Å²) in [4.78, 5) is 12.1. The Hall–Kier alpha value is -1.49. The van der Waals surface area contributed by atoms with Crippen molar-refractivity contribution in [2.24, 2.45) is 0 Å². The fourth-order valence-electron chi connectivity index (χ4n) is 3.48. The molecule has 0 atom stereocenters. The van der Waals surface area contributed by atoms with Gasteiger partial charge >= 0.3 is 6.16 Å². The summed E-state index contributed by atoms with van der Waals surface area (Å²) in [5.74, 6) is 1.82. The second kappa shape index (κ2) is 5.61. The van der Waals surface area contributed by atoms with E-state index in [1.54, 1.807) is 6.92 Å². The summed E-state index contributed by atoms with van der Waals surface area (Å²) >= 11 is 0. The zero-order valence-electron chi connectivity index (χ0n) is 14.6. The molecule has 0 aromatic carbocycles. The van der Waals surface area contributed by atoms with Crippen LogP contribution in [0.1, 0.15) is 57.6 Å². The average molecular weight is 309 g/mol. The first kappa shape index (κ1) is 16.9. The Morgan fingerprint density at radius 2 is 1.64 bits per heavy atom. The van der Waals surface area contributed by atoms with Crippen molar-refractivity contribution in [2.75, 3.05) is 0 Å². The summed E-state index contributed by atoms with van der Waals surface area (Å²) in [6.45, 7) is 13.9. The van der Waals surface area contributed by atoms with Crippen LogP contribution < -0.4 is 10.1 Å². The standard InChI is InChI=1S/C17H27NO4/c1-10-11(2)20-12(3)14(10)22-15(19)21-13-8-16(4,5)18-17(6,7)9-13/h13,18H,8-9H2,1-7H3. The van der Waals surface area contributed by atoms with Crippen LogP contribution in [0.15, 0.2) is 4.42 Å². The molecule has 1 aliphatic heterocycles. The predicted octanol–water partition coefficient (Wildman–Crippen LogP) is 4.03. The number of piperidine rings is 1. The molecule has 22 heavy (non-hydrogen) atoms. The lowest BCUT2D eigenvalue weighted by Crippen LogP contribution is -2.59. The van der Waals surface area contributed by atoms with E-state index in [1.807, 2.05) is 13.8 Å². The molecule has 1 fully saturated rings. The molecule has 0 saturated carbocycles. The Labute approximate surface area is 132 Å². The van der Waals surface area contributed by atoms with Crippen LogP contribution in [0.3, 0.4) is 0 Å². The van der Waals surface area contributed by atoms with E-state index in [1.165, 1.54) is 0 Å². The Balaban J connectivity index is 2.03. The smallest absolute Gasteiger partial charge is 0.462 e. The fraction of sp³-hybridized carbons (Fsp3) is 0.706. The molecule has 0 radical (unpaired) electrons. The lowest BCUT2D eigenvalue weighted by atomic mass is 9.81. The van der Waals surface area contributed by atoms with Crippen LogP contribution in [0, 0.1) is 20.8 Å². The Bertz CT molecular complexity index is 555. The third-order valence-corrected chi connectivity index (χ3v) is 4.10. The highest BCUT2D eigenvalue weighted by molar-refractivity contribution is 5.65. The van der Waals surface area contributed by atoms with Crippen LogP contribution in [0.25, 0.3) is 0 Å². The Morgan fingerprint density at radius 1 is 1.09 bits per heavy atom. The van der Waals surface area contributed by atoms with E-state index < -0.39 is 6.16 Å². The lowest BCUT2D eigenvalue weighted by Gasteiger charge is -2.45. The molecule has 1 aromatic rings. The molecule has 0 bridgehead atoms. The molecule has 0 amide bonds. The third kappa shape index (κ3) is 3.83. The summed E-state index contributed by atoms with van der Waals surface area (Å²) in [7, 11) is 0. The number of furan rings is 1. The topological polar surface area (TPSA) is 60.7 Å². The first-order valence-corrected chi connectivity index (χ1v) is 7.73. The molecule has 5 heteroatoms. The number of carbonyl (C=O) groups excluding carboxylic acids is 1. The molecule has 2 heterocycles. The minimum atomic E-state index is -0.662. The van der Waals surface area contributed by atoms with E-state index in [-0.39, 0.29) is 17.2 Å². The van der Waals surface area contributed by atoms with Crippen LogP contribution in [0.4, 0.5) is 4.79 Å². The number of ether oxygens (including phenoxy) is 2. The normalized spacial score (nSPS) is 20.7. The molecule has 0 aliphatic carbocycles. The first-order valence-electron chi connectivity index (χ1n) is 7.73. The van der Waals surface area contributed by atoms with E-state index in [4.69, 9.17) is 13.9 Å². The maximum absolute atomic E-state index is 12.1. The van der Waals surface area contributed by atoms with Crippen molar-refractivity contribution in [3.63, 3.8) is 0 Å². The number of hydrogen-bond donors (Lipinski definition) is 1. The SMILES string of the molecule is Cc1oc(C)c(OC(=O)OC2CC(C)(C)NC(C)(C)C2)c1C. The van der Waals surface area contributed by atoms with Gasteiger partial charge in [0.25, 0.3) is 0 Å². The molecule has 1 aliphatic rings. The van der Waals surface area contributed by atoms with Crippen molar-refractivity contribution in [1.29, 1.82) is 0 Å². The second-order valence-electron chi connectivity index (χ2n) is 7.56. The second-order valence-corrected chi connectivity index (χ2v) is 7.56. The van der Waals surface area contributed by atoms with Gasteiger partial charge in [0, 0.05) is 29.5 Å². The van der Waals surface area contributed by atoms with Gasteiger partial charge in [-0.2, -0.15) is 0 Å². The van der Waals surface area contributed by atoms with E-state index in [9.17, 15) is 4.79 Å². The van der Waals surface area contributed by atoms with Gasteiger partial charge in [0.15, 0.2) is 5.75 Å². The Kier molecular flexibility index (Phi) is 4.30. The third-order valence-electron chi connectivity index (χ3n) is 4.10. The molecule has 1 aromatic heterocycles.